The molecular weight excluding hydrogens is 260 g/mol. The molecule has 2 aliphatic rings. The summed E-state index contributed by atoms with van der Waals surface area (Å²) >= 11 is 0. The fourth-order valence-corrected chi connectivity index (χ4v) is 3.45. The second-order valence-corrected chi connectivity index (χ2v) is 7.30. The number of nitrogens with one attached hydrogen (secondary N) is 1. The van der Waals surface area contributed by atoms with Gasteiger partial charge in [-0.2, -0.15) is 0 Å². The van der Waals surface area contributed by atoms with Gasteiger partial charge in [-0.3, -0.25) is 0 Å². The molecule has 20 heavy (non-hydrogen) atoms. The Balaban J connectivity index is 1.90. The number of likely N-dealkylation sites (tertiary alicyclic amines) is 1. The van der Waals surface area contributed by atoms with Gasteiger partial charge < -0.3 is 20.1 Å². The van der Waals surface area contributed by atoms with Crippen LogP contribution in [0.4, 0.5) is 9.59 Å². The lowest BCUT2D eigenvalue weighted by Gasteiger charge is -2.29. The van der Waals surface area contributed by atoms with Crippen molar-refractivity contribution >= 4 is 12.2 Å². The van der Waals surface area contributed by atoms with Gasteiger partial charge in [0.1, 0.15) is 5.60 Å². The summed E-state index contributed by atoms with van der Waals surface area (Å²) in [5.41, 5.74) is -0.794. The molecule has 2 N–H and O–H groups in total. The van der Waals surface area contributed by atoms with Crippen molar-refractivity contribution in [2.24, 2.45) is 11.8 Å². The van der Waals surface area contributed by atoms with Gasteiger partial charge in [-0.25, -0.2) is 9.59 Å². The highest BCUT2D eigenvalue weighted by Gasteiger charge is 2.48. The lowest BCUT2D eigenvalue weighted by atomic mass is 9.98. The Bertz CT molecular complexity index is 402. The summed E-state index contributed by atoms with van der Waals surface area (Å²) in [5.74, 6) is 0.678. The van der Waals surface area contributed by atoms with E-state index in [0.29, 0.717) is 24.9 Å². The van der Waals surface area contributed by atoms with Gasteiger partial charge in [0.2, 0.25) is 0 Å². The number of carboxylic acid groups (broad SMARTS) is 1. The third kappa shape index (κ3) is 3.35. The molecule has 6 nitrogen and oxygen atoms in total. The van der Waals surface area contributed by atoms with Gasteiger partial charge in [0.15, 0.2) is 0 Å². The van der Waals surface area contributed by atoms with Crippen LogP contribution in [-0.2, 0) is 4.74 Å². The molecule has 0 unspecified atom stereocenters. The molecule has 3 atom stereocenters. The van der Waals surface area contributed by atoms with Crippen molar-refractivity contribution in [2.75, 3.05) is 13.1 Å². The first-order valence-corrected chi connectivity index (χ1v) is 7.07. The fraction of sp³-hybridized carbons (Fsp3) is 0.857. The highest BCUT2D eigenvalue weighted by Crippen LogP contribution is 2.43. The van der Waals surface area contributed by atoms with E-state index in [-0.39, 0.29) is 5.54 Å². The molecule has 1 saturated heterocycles. The zero-order valence-electron chi connectivity index (χ0n) is 12.6. The van der Waals surface area contributed by atoms with E-state index in [2.05, 4.69) is 5.32 Å². The molecule has 1 saturated carbocycles. The average Bonchev–Trinajstić information content (AvgIpc) is 2.68. The Morgan fingerprint density at radius 3 is 2.15 bits per heavy atom. The topological polar surface area (TPSA) is 78.9 Å². The molecule has 6 heteroatoms. The zero-order chi connectivity index (χ0) is 15.1. The quantitative estimate of drug-likeness (QED) is 0.774. The molecule has 114 valence electrons. The molecule has 2 fully saturated rings. The Labute approximate surface area is 119 Å². The number of nitrogens with zero attached hydrogens (tertiary/aromatic N) is 1. The number of amides is 2. The SMILES string of the molecule is CC(C)(C)OC(=O)N[C@]1(C)C[C@H]2CN(C(=O)O)C[C@H]2C1. The minimum Gasteiger partial charge on any atom is -0.465 e. The van der Waals surface area contributed by atoms with Crippen molar-refractivity contribution in [1.82, 2.24) is 10.2 Å². The van der Waals surface area contributed by atoms with Crippen molar-refractivity contribution in [3.63, 3.8) is 0 Å². The largest absolute Gasteiger partial charge is 0.465 e. The Kier molecular flexibility index (Phi) is 3.60. The molecule has 1 aliphatic heterocycles. The maximum Gasteiger partial charge on any atom is 0.408 e. The molecule has 0 aromatic carbocycles. The second-order valence-electron chi connectivity index (χ2n) is 7.30. The minimum atomic E-state index is -0.846. The van der Waals surface area contributed by atoms with Gasteiger partial charge in [0.25, 0.3) is 0 Å². The lowest BCUT2D eigenvalue weighted by Crippen LogP contribution is -2.47. The summed E-state index contributed by atoms with van der Waals surface area (Å²) in [6.45, 7) is 8.67. The van der Waals surface area contributed by atoms with E-state index in [9.17, 15) is 9.59 Å². The van der Waals surface area contributed by atoms with E-state index in [1.54, 1.807) is 0 Å². The van der Waals surface area contributed by atoms with Crippen molar-refractivity contribution < 1.29 is 19.4 Å². The molecule has 2 rings (SSSR count). The van der Waals surface area contributed by atoms with Crippen molar-refractivity contribution in [1.29, 1.82) is 0 Å². The molecule has 1 aliphatic carbocycles. The number of carbonyl (C=O) groups excluding carboxylic acids is 1. The van der Waals surface area contributed by atoms with E-state index in [0.717, 1.165) is 12.8 Å². The first kappa shape index (κ1) is 14.9. The molecule has 2 amide bonds. The van der Waals surface area contributed by atoms with Gasteiger partial charge in [-0.05, 0) is 52.4 Å². The monoisotopic (exact) mass is 284 g/mol. The number of alkyl carbamates (subject to hydrolysis) is 1. The van der Waals surface area contributed by atoms with E-state index in [1.807, 2.05) is 27.7 Å². The van der Waals surface area contributed by atoms with Crippen LogP contribution in [0.5, 0.6) is 0 Å². The maximum absolute atomic E-state index is 11.9. The first-order chi connectivity index (χ1) is 9.08. The Hall–Kier alpha value is -1.46. The molecular formula is C14H24N2O4. The summed E-state index contributed by atoms with van der Waals surface area (Å²) < 4.78 is 5.29. The third-order valence-electron chi connectivity index (χ3n) is 4.08. The van der Waals surface area contributed by atoms with E-state index < -0.39 is 17.8 Å². The summed E-state index contributed by atoms with van der Waals surface area (Å²) in [6, 6.07) is 0. The lowest BCUT2D eigenvalue weighted by molar-refractivity contribution is 0.0459. The van der Waals surface area contributed by atoms with Crippen LogP contribution in [0.1, 0.15) is 40.5 Å². The summed E-state index contributed by atoms with van der Waals surface area (Å²) in [5, 5.41) is 12.0. The summed E-state index contributed by atoms with van der Waals surface area (Å²) in [7, 11) is 0. The third-order valence-corrected chi connectivity index (χ3v) is 4.08. The van der Waals surface area contributed by atoms with E-state index >= 15 is 0 Å². The van der Waals surface area contributed by atoms with Crippen LogP contribution in [0, 0.1) is 11.8 Å². The molecule has 0 spiro atoms. The number of rotatable bonds is 1. The maximum atomic E-state index is 11.9. The van der Waals surface area contributed by atoms with Crippen LogP contribution in [0.15, 0.2) is 0 Å². The second kappa shape index (κ2) is 4.82. The molecule has 1 heterocycles. The highest BCUT2D eigenvalue weighted by atomic mass is 16.6. The Morgan fingerprint density at radius 2 is 1.75 bits per heavy atom. The molecule has 0 aromatic heterocycles. The smallest absolute Gasteiger partial charge is 0.408 e. The van der Waals surface area contributed by atoms with Crippen molar-refractivity contribution in [2.45, 2.75) is 51.7 Å². The molecule has 0 radical (unpaired) electrons. The minimum absolute atomic E-state index is 0.289. The number of hydrogen-bond acceptors (Lipinski definition) is 3. The summed E-state index contributed by atoms with van der Waals surface area (Å²) in [4.78, 5) is 24.3. The van der Waals surface area contributed by atoms with Gasteiger partial charge in [0.05, 0.1) is 0 Å². The molecule has 0 bridgehead atoms. The van der Waals surface area contributed by atoms with Crippen LogP contribution in [0.2, 0.25) is 0 Å². The number of carbonyl (C=O) groups is 2. The number of hydrogen-bond donors (Lipinski definition) is 2. The van der Waals surface area contributed by atoms with Crippen molar-refractivity contribution in [3.05, 3.63) is 0 Å². The van der Waals surface area contributed by atoms with Gasteiger partial charge >= 0.3 is 12.2 Å². The van der Waals surface area contributed by atoms with Crippen molar-refractivity contribution in [3.8, 4) is 0 Å². The van der Waals surface area contributed by atoms with Crippen LogP contribution >= 0.6 is 0 Å². The standard InChI is InChI=1S/C14H24N2O4/c1-13(2,3)20-11(17)15-14(4)5-9-7-16(12(18)19)8-10(9)6-14/h9-10H,5-8H2,1-4H3,(H,15,17)(H,18,19)/t9-,10+,14+. The highest BCUT2D eigenvalue weighted by molar-refractivity contribution is 5.69. The van der Waals surface area contributed by atoms with E-state index in [1.165, 1.54) is 4.90 Å². The van der Waals surface area contributed by atoms with Gasteiger partial charge in [-0.1, -0.05) is 0 Å². The van der Waals surface area contributed by atoms with Gasteiger partial charge in [-0.15, -0.1) is 0 Å². The zero-order valence-corrected chi connectivity index (χ0v) is 12.6. The van der Waals surface area contributed by atoms with Crippen LogP contribution in [0.25, 0.3) is 0 Å². The van der Waals surface area contributed by atoms with Crippen LogP contribution in [0.3, 0.4) is 0 Å². The number of ether oxygens (including phenoxy) is 1. The molecule has 0 aromatic rings. The average molecular weight is 284 g/mol. The predicted molar refractivity (Wildman–Crippen MR) is 73.6 cm³/mol. The summed E-state index contributed by atoms with van der Waals surface area (Å²) in [6.07, 6.45) is 0.373. The Morgan fingerprint density at radius 1 is 1.25 bits per heavy atom. The predicted octanol–water partition coefficient (Wildman–Crippen LogP) is 2.29. The number of fused-ring (bicyclic) bond motifs is 1. The first-order valence-electron chi connectivity index (χ1n) is 7.07. The normalized spacial score (nSPS) is 32.9. The van der Waals surface area contributed by atoms with Crippen LogP contribution < -0.4 is 5.32 Å². The van der Waals surface area contributed by atoms with Crippen LogP contribution in [-0.4, -0.2) is 46.4 Å². The fourth-order valence-electron chi connectivity index (χ4n) is 3.45. The van der Waals surface area contributed by atoms with E-state index in [4.69, 9.17) is 9.84 Å². The van der Waals surface area contributed by atoms with Gasteiger partial charge in [0, 0.05) is 18.6 Å².